The molecule has 0 aliphatic heterocycles. The Balaban J connectivity index is 1.71. The summed E-state index contributed by atoms with van der Waals surface area (Å²) in [6.07, 6.45) is 4.19. The van der Waals surface area contributed by atoms with Crippen molar-refractivity contribution in [2.45, 2.75) is 39.1 Å². The van der Waals surface area contributed by atoms with Crippen LogP contribution in [0.4, 0.5) is 0 Å². The van der Waals surface area contributed by atoms with E-state index >= 15 is 0 Å². The van der Waals surface area contributed by atoms with Gasteiger partial charge in [-0.2, -0.15) is 5.10 Å². The summed E-state index contributed by atoms with van der Waals surface area (Å²) in [5, 5.41) is 17.9. The summed E-state index contributed by atoms with van der Waals surface area (Å²) in [4.78, 5) is 13.4. The number of hydrogen-bond donors (Lipinski definition) is 3. The van der Waals surface area contributed by atoms with E-state index < -0.39 is 6.23 Å². The van der Waals surface area contributed by atoms with Gasteiger partial charge in [-0.1, -0.05) is 0 Å². The van der Waals surface area contributed by atoms with E-state index in [4.69, 9.17) is 10.5 Å². The normalized spacial score (nSPS) is 13.7. The van der Waals surface area contributed by atoms with Crippen LogP contribution in [0.5, 0.6) is 5.75 Å². The van der Waals surface area contributed by atoms with Gasteiger partial charge in [-0.25, -0.2) is 15.0 Å². The van der Waals surface area contributed by atoms with Crippen LogP contribution in [-0.2, 0) is 0 Å². The average molecular weight is 393 g/mol. The fourth-order valence-electron chi connectivity index (χ4n) is 2.99. The van der Waals surface area contributed by atoms with Gasteiger partial charge >= 0.3 is 0 Å². The molecule has 29 heavy (non-hydrogen) atoms. The highest BCUT2D eigenvalue weighted by Gasteiger charge is 2.16. The van der Waals surface area contributed by atoms with Crippen molar-refractivity contribution < 1.29 is 9.84 Å². The van der Waals surface area contributed by atoms with E-state index in [0.29, 0.717) is 22.9 Å². The number of aliphatic hydroxyl groups is 1. The Hall–Kier alpha value is -3.30. The van der Waals surface area contributed by atoms with Gasteiger partial charge in [-0.05, 0) is 45.0 Å². The molecule has 0 spiro atoms. The minimum Gasteiger partial charge on any atom is -0.491 e. The van der Waals surface area contributed by atoms with Gasteiger partial charge in [0.15, 0.2) is 5.82 Å². The molecular formula is C20H23N7O2. The molecular weight excluding hydrogens is 370 g/mol. The highest BCUT2D eigenvalue weighted by atomic mass is 16.5. The summed E-state index contributed by atoms with van der Waals surface area (Å²) < 4.78 is 7.55. The lowest BCUT2D eigenvalue weighted by molar-refractivity contribution is 0.127. The lowest BCUT2D eigenvalue weighted by Crippen LogP contribution is -2.29. The predicted octanol–water partition coefficient (Wildman–Crippen LogP) is 2.51. The molecule has 2 unspecified atom stereocenters. The van der Waals surface area contributed by atoms with E-state index in [2.05, 4.69) is 25.1 Å². The molecule has 3 aromatic heterocycles. The van der Waals surface area contributed by atoms with Gasteiger partial charge in [0.05, 0.1) is 29.7 Å². The number of aromatic amines is 1. The average Bonchev–Trinajstić information content (AvgIpc) is 3.34. The highest BCUT2D eigenvalue weighted by molar-refractivity contribution is 5.92. The van der Waals surface area contributed by atoms with Crippen molar-refractivity contribution in [3.05, 3.63) is 43.0 Å². The first-order valence-corrected chi connectivity index (χ1v) is 9.38. The van der Waals surface area contributed by atoms with Crippen LogP contribution in [-0.4, -0.2) is 47.2 Å². The number of hydrogen-bond acceptors (Lipinski definition) is 7. The minimum atomic E-state index is -0.976. The van der Waals surface area contributed by atoms with Crippen molar-refractivity contribution >= 4 is 10.9 Å². The number of nitrogens with zero attached hydrogens (tertiary/aromatic N) is 5. The summed E-state index contributed by atoms with van der Waals surface area (Å²) in [6, 6.07) is 7.24. The number of H-pyrrole nitrogens is 1. The van der Waals surface area contributed by atoms with Crippen molar-refractivity contribution in [2.75, 3.05) is 0 Å². The van der Waals surface area contributed by atoms with Crippen LogP contribution in [0.15, 0.2) is 43.0 Å². The van der Waals surface area contributed by atoms with Crippen molar-refractivity contribution in [3.8, 4) is 28.7 Å². The monoisotopic (exact) mass is 393 g/mol. The number of rotatable bonds is 6. The molecule has 0 amide bonds. The molecule has 1 aromatic carbocycles. The Morgan fingerprint density at radius 2 is 1.97 bits per heavy atom. The van der Waals surface area contributed by atoms with Crippen LogP contribution >= 0.6 is 0 Å². The molecule has 9 heteroatoms. The van der Waals surface area contributed by atoms with Crippen LogP contribution in [0.2, 0.25) is 0 Å². The van der Waals surface area contributed by atoms with Gasteiger partial charge in [0.1, 0.15) is 23.4 Å². The zero-order chi connectivity index (χ0) is 20.5. The second-order valence-corrected chi connectivity index (χ2v) is 7.15. The molecule has 4 aromatic rings. The number of aromatic nitrogens is 6. The summed E-state index contributed by atoms with van der Waals surface area (Å²) in [5.41, 5.74) is 8.38. The zero-order valence-electron chi connectivity index (χ0n) is 16.4. The first-order valence-electron chi connectivity index (χ1n) is 9.38. The summed E-state index contributed by atoms with van der Waals surface area (Å²) >= 11 is 0. The number of aliphatic hydroxyl groups excluding tert-OH is 1. The fourth-order valence-corrected chi connectivity index (χ4v) is 2.99. The van der Waals surface area contributed by atoms with E-state index in [1.54, 1.807) is 29.4 Å². The van der Waals surface area contributed by atoms with Crippen LogP contribution in [0.1, 0.15) is 26.8 Å². The van der Waals surface area contributed by atoms with E-state index in [1.807, 2.05) is 39.0 Å². The van der Waals surface area contributed by atoms with E-state index in [0.717, 1.165) is 16.7 Å². The highest BCUT2D eigenvalue weighted by Crippen LogP contribution is 2.29. The number of nitrogens with one attached hydrogen (secondary N) is 1. The summed E-state index contributed by atoms with van der Waals surface area (Å²) in [6.45, 7) is 5.78. The maximum atomic E-state index is 9.58. The lowest BCUT2D eigenvalue weighted by atomic mass is 10.2. The van der Waals surface area contributed by atoms with Crippen molar-refractivity contribution in [3.63, 3.8) is 0 Å². The zero-order valence-corrected chi connectivity index (χ0v) is 16.4. The molecule has 0 fully saturated rings. The number of imidazole rings is 1. The minimum absolute atomic E-state index is 0.0759. The van der Waals surface area contributed by atoms with Crippen LogP contribution < -0.4 is 10.5 Å². The number of nitrogens with two attached hydrogens (primary N) is 1. The second-order valence-electron chi connectivity index (χ2n) is 7.15. The molecule has 2 atom stereocenters. The molecule has 0 bridgehead atoms. The third-order valence-corrected chi connectivity index (χ3v) is 4.60. The molecule has 9 nitrogen and oxygen atoms in total. The molecule has 0 aliphatic rings. The van der Waals surface area contributed by atoms with E-state index in [9.17, 15) is 5.11 Å². The quantitative estimate of drug-likeness (QED) is 0.429. The molecule has 0 saturated carbocycles. The van der Waals surface area contributed by atoms with Gasteiger partial charge in [0.25, 0.3) is 0 Å². The predicted molar refractivity (Wildman–Crippen MR) is 109 cm³/mol. The molecule has 4 N–H and O–H groups in total. The van der Waals surface area contributed by atoms with E-state index in [-0.39, 0.29) is 12.1 Å². The number of benzene rings is 1. The maximum Gasteiger partial charge on any atom is 0.181 e. The van der Waals surface area contributed by atoms with E-state index in [1.165, 1.54) is 0 Å². The lowest BCUT2D eigenvalue weighted by Gasteiger charge is -2.15. The van der Waals surface area contributed by atoms with Gasteiger partial charge < -0.3 is 20.1 Å². The molecule has 150 valence electrons. The topological polar surface area (TPSA) is 128 Å². The first kappa shape index (κ1) is 19.0. The Kier molecular flexibility index (Phi) is 4.99. The van der Waals surface area contributed by atoms with Crippen molar-refractivity contribution in [2.24, 2.45) is 5.73 Å². The molecule has 3 heterocycles. The number of fused-ring (bicyclic) bond motifs is 1. The SMILES string of the molecule is CC(C)Oc1ccc2[nH]nc(-c3nccc(-c4cn(C(C)C(N)O)cn4)n3)c2c1. The third kappa shape index (κ3) is 3.82. The van der Waals surface area contributed by atoms with Crippen LogP contribution in [0.3, 0.4) is 0 Å². The maximum absolute atomic E-state index is 9.58. The van der Waals surface area contributed by atoms with Gasteiger partial charge in [0.2, 0.25) is 0 Å². The summed E-state index contributed by atoms with van der Waals surface area (Å²) in [5.74, 6) is 1.25. The van der Waals surface area contributed by atoms with Gasteiger partial charge in [-0.3, -0.25) is 5.10 Å². The van der Waals surface area contributed by atoms with Crippen LogP contribution in [0.25, 0.3) is 33.8 Å². The Bertz CT molecular complexity index is 1130. The van der Waals surface area contributed by atoms with Gasteiger partial charge in [-0.15, -0.1) is 0 Å². The molecule has 0 saturated heterocycles. The Labute approximate surface area is 167 Å². The standard InChI is InChI=1S/C20H23N7O2/c1-11(2)29-13-4-5-15-14(8-13)18(26-25-15)20-22-7-6-16(24-20)17-9-27(10-23-17)12(3)19(21)28/h4-12,19,28H,21H2,1-3H3,(H,25,26). The summed E-state index contributed by atoms with van der Waals surface area (Å²) in [7, 11) is 0. The number of ether oxygens (including phenoxy) is 1. The Morgan fingerprint density at radius 3 is 2.72 bits per heavy atom. The fraction of sp³-hybridized carbons (Fsp3) is 0.300. The molecule has 0 radical (unpaired) electrons. The smallest absolute Gasteiger partial charge is 0.181 e. The first-order chi connectivity index (χ1) is 13.9. The molecule has 4 rings (SSSR count). The van der Waals surface area contributed by atoms with Crippen molar-refractivity contribution in [1.29, 1.82) is 0 Å². The Morgan fingerprint density at radius 1 is 1.14 bits per heavy atom. The van der Waals surface area contributed by atoms with Gasteiger partial charge in [0, 0.05) is 17.8 Å². The molecule has 0 aliphatic carbocycles. The van der Waals surface area contributed by atoms with Crippen molar-refractivity contribution in [1.82, 2.24) is 29.7 Å². The largest absolute Gasteiger partial charge is 0.491 e. The second kappa shape index (κ2) is 7.61. The third-order valence-electron chi connectivity index (χ3n) is 4.60. The van der Waals surface area contributed by atoms with Crippen LogP contribution in [0, 0.1) is 0 Å².